The molecule has 48 heavy (non-hydrogen) atoms. The van der Waals surface area contributed by atoms with E-state index in [1.54, 1.807) is 0 Å². The molecule has 246 valence electrons. The third kappa shape index (κ3) is 7.28. The third-order valence-corrected chi connectivity index (χ3v) is 13.9. The van der Waals surface area contributed by atoms with Gasteiger partial charge in [0.1, 0.15) is 0 Å². The van der Waals surface area contributed by atoms with Crippen molar-refractivity contribution in [2.45, 2.75) is 61.4 Å². The SMILES string of the molecule is c1cc2c(N3CCCCC3)cc[n+](Cc3ccc(SCCSc4ccc(C[n+]5ccc(N6CCCCC6)c6ccsc65)cc4)cc3)c2s1. The van der Waals surface area contributed by atoms with Crippen LogP contribution in [-0.2, 0) is 13.1 Å². The number of aromatic nitrogens is 2. The highest BCUT2D eigenvalue weighted by Crippen LogP contribution is 2.32. The van der Waals surface area contributed by atoms with Crippen LogP contribution in [0, 0.1) is 0 Å². The lowest BCUT2D eigenvalue weighted by atomic mass is 10.1. The van der Waals surface area contributed by atoms with Gasteiger partial charge in [-0.15, -0.1) is 23.5 Å². The molecule has 2 aliphatic rings. The summed E-state index contributed by atoms with van der Waals surface area (Å²) < 4.78 is 4.84. The Morgan fingerprint density at radius 3 is 1.33 bits per heavy atom. The summed E-state index contributed by atoms with van der Waals surface area (Å²) in [4.78, 5) is 10.6. The number of anilines is 2. The van der Waals surface area contributed by atoms with Gasteiger partial charge in [0.05, 0.1) is 22.1 Å². The van der Waals surface area contributed by atoms with Gasteiger partial charge in [0.15, 0.2) is 25.5 Å². The molecule has 0 atom stereocenters. The summed E-state index contributed by atoms with van der Waals surface area (Å²) in [6.45, 7) is 6.57. The van der Waals surface area contributed by atoms with Crippen molar-refractivity contribution in [1.29, 1.82) is 0 Å². The van der Waals surface area contributed by atoms with E-state index >= 15 is 0 Å². The van der Waals surface area contributed by atoms with E-state index < -0.39 is 0 Å². The molecule has 0 N–H and O–H groups in total. The zero-order valence-corrected chi connectivity index (χ0v) is 30.8. The number of pyridine rings is 2. The molecular formula is C40H44N4S4+2. The highest BCUT2D eigenvalue weighted by Gasteiger charge is 2.21. The lowest BCUT2D eigenvalue weighted by Gasteiger charge is -2.28. The second-order valence-corrected chi connectivity index (χ2v) is 17.1. The average Bonchev–Trinajstić information content (AvgIpc) is 3.84. The number of hydrogen-bond donors (Lipinski definition) is 0. The van der Waals surface area contributed by atoms with Crippen molar-refractivity contribution < 1.29 is 9.13 Å². The fourth-order valence-corrected chi connectivity index (χ4v) is 10.8. The number of piperidine rings is 2. The molecule has 4 nitrogen and oxygen atoms in total. The number of fused-ring (bicyclic) bond motifs is 2. The van der Waals surface area contributed by atoms with Crippen LogP contribution in [0.5, 0.6) is 0 Å². The highest BCUT2D eigenvalue weighted by molar-refractivity contribution is 8.03. The Morgan fingerprint density at radius 2 is 0.917 bits per heavy atom. The second-order valence-electron chi connectivity index (χ2n) is 13.0. The molecule has 0 saturated carbocycles. The minimum absolute atomic E-state index is 0.911. The van der Waals surface area contributed by atoms with Crippen molar-refractivity contribution in [2.24, 2.45) is 0 Å². The summed E-state index contributed by atoms with van der Waals surface area (Å²) >= 11 is 7.64. The van der Waals surface area contributed by atoms with Gasteiger partial charge in [0, 0.05) is 70.7 Å². The van der Waals surface area contributed by atoms with E-state index in [9.17, 15) is 0 Å². The van der Waals surface area contributed by atoms with Crippen molar-refractivity contribution in [3.63, 3.8) is 0 Å². The second kappa shape index (κ2) is 15.2. The number of nitrogens with zero attached hydrogens (tertiary/aromatic N) is 4. The largest absolute Gasteiger partial charge is 0.371 e. The van der Waals surface area contributed by atoms with Gasteiger partial charge in [0.2, 0.25) is 0 Å². The number of thiophene rings is 2. The monoisotopic (exact) mass is 708 g/mol. The van der Waals surface area contributed by atoms with Gasteiger partial charge in [-0.05, 0) is 85.7 Å². The third-order valence-electron chi connectivity index (χ3n) is 9.75. The maximum Gasteiger partial charge on any atom is 0.271 e. The standard InChI is InChI=1S/C40H44N4S4/c1-3-19-41(20-4-1)37-15-23-43(39-35(37)17-25-47-39)29-31-7-11-33(12-8-31)45-27-28-46-34-13-9-32(10-14-34)30-44-24-16-38(36-18-26-48-40(36)44)42-21-5-2-6-22-42/h7-18,23-26H,1-6,19-22,27-30H2/q+2. The first kappa shape index (κ1) is 32.2. The quantitative estimate of drug-likeness (QED) is 0.0756. The molecule has 0 bridgehead atoms. The molecule has 2 fully saturated rings. The molecule has 0 spiro atoms. The first-order valence-corrected chi connectivity index (χ1v) is 21.2. The number of rotatable bonds is 11. The van der Waals surface area contributed by atoms with E-state index in [1.165, 1.54) is 117 Å². The Morgan fingerprint density at radius 1 is 0.500 bits per heavy atom. The minimum atomic E-state index is 0.911. The fraction of sp³-hybridized carbons (Fsp3) is 0.350. The van der Waals surface area contributed by atoms with Crippen molar-refractivity contribution in [2.75, 3.05) is 47.5 Å². The zero-order chi connectivity index (χ0) is 32.1. The molecular weight excluding hydrogens is 665 g/mol. The number of benzene rings is 2. The lowest BCUT2D eigenvalue weighted by Crippen LogP contribution is -2.36. The zero-order valence-electron chi connectivity index (χ0n) is 27.6. The Kier molecular flexibility index (Phi) is 10.2. The molecule has 0 radical (unpaired) electrons. The van der Waals surface area contributed by atoms with Gasteiger partial charge in [-0.2, -0.15) is 9.13 Å². The summed E-state index contributed by atoms with van der Waals surface area (Å²) in [6.07, 6.45) is 12.6. The Labute approximate surface area is 301 Å². The first-order chi connectivity index (χ1) is 23.8. The van der Waals surface area contributed by atoms with Gasteiger partial charge < -0.3 is 9.80 Å². The molecule has 2 aliphatic heterocycles. The molecule has 6 aromatic rings. The number of hydrogen-bond acceptors (Lipinski definition) is 6. The van der Waals surface area contributed by atoms with Crippen LogP contribution >= 0.6 is 46.2 Å². The van der Waals surface area contributed by atoms with Crippen LogP contribution in [0.2, 0.25) is 0 Å². The summed E-state index contributed by atoms with van der Waals surface area (Å²) in [6, 6.07) is 27.7. The smallest absolute Gasteiger partial charge is 0.271 e. The van der Waals surface area contributed by atoms with Crippen LogP contribution in [0.3, 0.4) is 0 Å². The van der Waals surface area contributed by atoms with Crippen LogP contribution in [0.1, 0.15) is 49.7 Å². The molecule has 0 aliphatic carbocycles. The van der Waals surface area contributed by atoms with Crippen molar-refractivity contribution in [1.82, 2.24) is 0 Å². The normalized spacial score (nSPS) is 15.5. The maximum absolute atomic E-state index is 2.58. The van der Waals surface area contributed by atoms with E-state index in [0.29, 0.717) is 0 Å². The van der Waals surface area contributed by atoms with Gasteiger partial charge in [-0.25, -0.2) is 0 Å². The summed E-state index contributed by atoms with van der Waals surface area (Å²) in [5, 5.41) is 7.30. The van der Waals surface area contributed by atoms with Gasteiger partial charge >= 0.3 is 0 Å². The van der Waals surface area contributed by atoms with E-state index in [2.05, 4.69) is 115 Å². The first-order valence-electron chi connectivity index (χ1n) is 17.5. The van der Waals surface area contributed by atoms with E-state index in [1.807, 2.05) is 46.2 Å². The summed E-state index contributed by atoms with van der Waals surface area (Å²) in [5.74, 6) is 2.20. The minimum Gasteiger partial charge on any atom is -0.371 e. The van der Waals surface area contributed by atoms with Gasteiger partial charge in [-0.1, -0.05) is 46.9 Å². The summed E-state index contributed by atoms with van der Waals surface area (Å²) in [5.41, 5.74) is 5.54. The van der Waals surface area contributed by atoms with E-state index in [0.717, 1.165) is 24.6 Å². The highest BCUT2D eigenvalue weighted by atomic mass is 32.2. The predicted octanol–water partition coefficient (Wildman–Crippen LogP) is 9.65. The molecule has 6 heterocycles. The molecule has 4 aromatic heterocycles. The lowest BCUT2D eigenvalue weighted by molar-refractivity contribution is -0.660. The Balaban J connectivity index is 0.822. The van der Waals surface area contributed by atoms with Crippen LogP contribution in [0.15, 0.2) is 106 Å². The topological polar surface area (TPSA) is 14.2 Å². The molecule has 8 rings (SSSR count). The van der Waals surface area contributed by atoms with Crippen LogP contribution in [0.25, 0.3) is 20.4 Å². The predicted molar refractivity (Wildman–Crippen MR) is 209 cm³/mol. The molecule has 2 aromatic carbocycles. The van der Waals surface area contributed by atoms with Gasteiger partial charge in [-0.3, -0.25) is 0 Å². The van der Waals surface area contributed by atoms with Crippen molar-refractivity contribution >= 4 is 78.0 Å². The van der Waals surface area contributed by atoms with Crippen LogP contribution < -0.4 is 18.9 Å². The fourth-order valence-electron chi connectivity index (χ4n) is 7.24. The molecule has 2 saturated heterocycles. The van der Waals surface area contributed by atoms with Crippen LogP contribution in [0.4, 0.5) is 11.4 Å². The molecule has 0 unspecified atom stereocenters. The van der Waals surface area contributed by atoms with Crippen molar-refractivity contribution in [3.8, 4) is 0 Å². The van der Waals surface area contributed by atoms with Gasteiger partial charge in [0.25, 0.3) is 9.66 Å². The molecule has 8 heteroatoms. The Bertz CT molecular complexity index is 1810. The average molecular weight is 709 g/mol. The maximum atomic E-state index is 2.58. The van der Waals surface area contributed by atoms with Crippen molar-refractivity contribution in [3.05, 3.63) is 107 Å². The molecule has 0 amide bonds. The van der Waals surface area contributed by atoms with Crippen LogP contribution in [-0.4, -0.2) is 37.7 Å². The Hall–Kier alpha value is -3.04. The van der Waals surface area contributed by atoms with E-state index in [-0.39, 0.29) is 0 Å². The summed E-state index contributed by atoms with van der Waals surface area (Å²) in [7, 11) is 0. The van der Waals surface area contributed by atoms with E-state index in [4.69, 9.17) is 0 Å². The number of thioether (sulfide) groups is 2.